The second-order valence-corrected chi connectivity index (χ2v) is 5.10. The molecule has 0 unspecified atom stereocenters. The molecule has 1 aliphatic rings. The molecule has 3 rings (SSSR count). The summed E-state index contributed by atoms with van der Waals surface area (Å²) in [6.45, 7) is 0. The van der Waals surface area contributed by atoms with Gasteiger partial charge < -0.3 is 16.8 Å². The molecule has 0 aromatic carbocycles. The fourth-order valence-electron chi connectivity index (χ4n) is 2.27. The Kier molecular flexibility index (Phi) is 3.39. The number of nitrogen functional groups attached to an aromatic ring is 1. The summed E-state index contributed by atoms with van der Waals surface area (Å²) in [5, 5.41) is 10.4. The van der Waals surface area contributed by atoms with E-state index in [0.717, 1.165) is 5.69 Å². The Morgan fingerprint density at radius 2 is 2.10 bits per heavy atom. The number of hydrogen-bond donors (Lipinski definition) is 3. The van der Waals surface area contributed by atoms with E-state index in [4.69, 9.17) is 11.5 Å². The minimum Gasteiger partial charge on any atom is -0.382 e. The normalized spacial score (nSPS) is 14.5. The van der Waals surface area contributed by atoms with Gasteiger partial charge in [-0.1, -0.05) is 12.5 Å². The van der Waals surface area contributed by atoms with Crippen LogP contribution in [-0.2, 0) is 0 Å². The summed E-state index contributed by atoms with van der Waals surface area (Å²) >= 11 is 0. The van der Waals surface area contributed by atoms with Crippen LogP contribution in [0.4, 0.5) is 17.3 Å². The molecular weight excluding hydrogens is 268 g/mol. The van der Waals surface area contributed by atoms with Gasteiger partial charge in [0.1, 0.15) is 11.6 Å². The van der Waals surface area contributed by atoms with E-state index in [-0.39, 0.29) is 11.5 Å². The predicted octanol–water partition coefficient (Wildman–Crippen LogP) is 1.56. The zero-order chi connectivity index (χ0) is 14.8. The molecule has 1 aliphatic carbocycles. The number of carbonyl (C=O) groups excluding carboxylic acids is 1. The van der Waals surface area contributed by atoms with E-state index in [9.17, 15) is 4.79 Å². The van der Waals surface area contributed by atoms with Crippen LogP contribution in [0.2, 0.25) is 0 Å². The predicted molar refractivity (Wildman–Crippen MR) is 79.1 cm³/mol. The number of nitrogens with two attached hydrogens (primary N) is 2. The molecule has 2 aromatic heterocycles. The van der Waals surface area contributed by atoms with Crippen molar-refractivity contribution in [3.05, 3.63) is 35.7 Å². The molecule has 7 nitrogen and oxygen atoms in total. The van der Waals surface area contributed by atoms with E-state index in [1.807, 2.05) is 18.2 Å². The zero-order valence-electron chi connectivity index (χ0n) is 11.4. The fourth-order valence-corrected chi connectivity index (χ4v) is 2.27. The number of nitrogens with zero attached hydrogens (tertiary/aromatic N) is 3. The molecule has 5 N–H and O–H groups in total. The Hall–Kier alpha value is -2.70. The van der Waals surface area contributed by atoms with E-state index >= 15 is 0 Å². The minimum absolute atomic E-state index is 0.0417. The zero-order valence-corrected chi connectivity index (χ0v) is 11.4. The van der Waals surface area contributed by atoms with Gasteiger partial charge in [-0.3, -0.25) is 4.79 Å². The number of hydrogen-bond acceptors (Lipinski definition) is 6. The number of aromatic nitrogens is 3. The van der Waals surface area contributed by atoms with Crippen molar-refractivity contribution >= 4 is 23.2 Å². The largest absolute Gasteiger partial charge is 0.382 e. The molecular formula is C14H16N6O. The summed E-state index contributed by atoms with van der Waals surface area (Å²) in [6, 6.07) is 7.29. The first-order chi connectivity index (χ1) is 10.1. The average Bonchev–Trinajstić information content (AvgIpc) is 2.36. The number of primary amides is 1. The van der Waals surface area contributed by atoms with Crippen molar-refractivity contribution in [2.24, 2.45) is 5.73 Å². The summed E-state index contributed by atoms with van der Waals surface area (Å²) in [5.74, 6) is 0.704. The number of carbonyl (C=O) groups is 1. The fraction of sp³-hybridized carbons (Fsp3) is 0.286. The van der Waals surface area contributed by atoms with Crippen LogP contribution < -0.4 is 16.8 Å². The number of pyridine rings is 1. The van der Waals surface area contributed by atoms with Gasteiger partial charge in [0.25, 0.3) is 5.91 Å². The molecule has 0 atom stereocenters. The molecule has 0 aliphatic heterocycles. The van der Waals surface area contributed by atoms with Crippen molar-refractivity contribution in [3.63, 3.8) is 0 Å². The lowest BCUT2D eigenvalue weighted by Gasteiger charge is -2.25. The minimum atomic E-state index is -0.667. The second-order valence-electron chi connectivity index (χ2n) is 5.10. The summed E-state index contributed by atoms with van der Waals surface area (Å²) in [7, 11) is 0. The summed E-state index contributed by atoms with van der Waals surface area (Å²) in [6.07, 6.45) is 3.60. The Balaban J connectivity index is 1.89. The Morgan fingerprint density at radius 3 is 2.76 bits per heavy atom. The van der Waals surface area contributed by atoms with Crippen molar-refractivity contribution in [3.8, 4) is 0 Å². The van der Waals surface area contributed by atoms with Crippen molar-refractivity contribution < 1.29 is 4.79 Å². The van der Waals surface area contributed by atoms with E-state index in [0.29, 0.717) is 17.4 Å². The summed E-state index contributed by atoms with van der Waals surface area (Å²) < 4.78 is 0. The van der Waals surface area contributed by atoms with Crippen LogP contribution in [0.3, 0.4) is 0 Å². The third kappa shape index (κ3) is 2.76. The van der Waals surface area contributed by atoms with Gasteiger partial charge in [0.05, 0.1) is 5.69 Å². The molecule has 108 valence electrons. The van der Waals surface area contributed by atoms with E-state index < -0.39 is 5.91 Å². The highest BCUT2D eigenvalue weighted by Gasteiger charge is 2.21. The van der Waals surface area contributed by atoms with Gasteiger partial charge in [-0.2, -0.15) is 0 Å². The third-order valence-corrected chi connectivity index (χ3v) is 3.60. The molecule has 0 bridgehead atoms. The van der Waals surface area contributed by atoms with Gasteiger partial charge in [-0.05, 0) is 25.0 Å². The van der Waals surface area contributed by atoms with Crippen molar-refractivity contribution in [2.75, 3.05) is 11.1 Å². The first-order valence-corrected chi connectivity index (χ1v) is 6.80. The Morgan fingerprint density at radius 1 is 1.29 bits per heavy atom. The SMILES string of the molecule is NC(=O)c1nnc(N)cc1Nc1cccc(C2CCC2)n1. The standard InChI is InChI=1S/C14H16N6O/c15-11-7-10(13(14(16)21)20-19-11)18-12-6-2-5-9(17-12)8-3-1-4-8/h2,5-8H,1,3-4H2,(H2,16,21)(H3,15,17,18,19). The van der Waals surface area contributed by atoms with E-state index in [2.05, 4.69) is 20.5 Å². The van der Waals surface area contributed by atoms with Crippen LogP contribution in [0.15, 0.2) is 24.3 Å². The quantitative estimate of drug-likeness (QED) is 0.783. The molecule has 1 amide bonds. The molecule has 0 spiro atoms. The van der Waals surface area contributed by atoms with Gasteiger partial charge in [0.2, 0.25) is 0 Å². The number of nitrogens with one attached hydrogen (secondary N) is 1. The third-order valence-electron chi connectivity index (χ3n) is 3.60. The highest BCUT2D eigenvalue weighted by atomic mass is 16.1. The Labute approximate surface area is 121 Å². The highest BCUT2D eigenvalue weighted by Crippen LogP contribution is 2.35. The smallest absolute Gasteiger partial charge is 0.271 e. The maximum absolute atomic E-state index is 11.4. The average molecular weight is 284 g/mol. The number of anilines is 3. The van der Waals surface area contributed by atoms with Crippen LogP contribution >= 0.6 is 0 Å². The van der Waals surface area contributed by atoms with Gasteiger partial charge >= 0.3 is 0 Å². The topological polar surface area (TPSA) is 120 Å². The van der Waals surface area contributed by atoms with Crippen LogP contribution in [-0.4, -0.2) is 21.1 Å². The maximum atomic E-state index is 11.4. The monoisotopic (exact) mass is 284 g/mol. The van der Waals surface area contributed by atoms with Gasteiger partial charge in [0.15, 0.2) is 5.69 Å². The van der Waals surface area contributed by atoms with Crippen LogP contribution in [0.25, 0.3) is 0 Å². The highest BCUT2D eigenvalue weighted by molar-refractivity contribution is 5.97. The van der Waals surface area contributed by atoms with Crippen LogP contribution in [0.5, 0.6) is 0 Å². The lowest BCUT2D eigenvalue weighted by molar-refractivity contribution is 0.0995. The second kappa shape index (κ2) is 5.35. The Bertz CT molecular complexity index is 683. The van der Waals surface area contributed by atoms with Gasteiger partial charge in [0, 0.05) is 17.7 Å². The lowest BCUT2D eigenvalue weighted by atomic mass is 9.83. The van der Waals surface area contributed by atoms with Crippen LogP contribution in [0, 0.1) is 0 Å². The molecule has 0 radical (unpaired) electrons. The van der Waals surface area contributed by atoms with E-state index in [1.165, 1.54) is 25.3 Å². The molecule has 21 heavy (non-hydrogen) atoms. The first kappa shape index (κ1) is 13.3. The number of rotatable bonds is 4. The molecule has 0 saturated heterocycles. The van der Waals surface area contributed by atoms with Gasteiger partial charge in [-0.15, -0.1) is 10.2 Å². The number of amides is 1. The molecule has 2 aromatic rings. The first-order valence-electron chi connectivity index (χ1n) is 6.80. The summed E-state index contributed by atoms with van der Waals surface area (Å²) in [5.41, 5.74) is 12.4. The summed E-state index contributed by atoms with van der Waals surface area (Å²) in [4.78, 5) is 15.9. The lowest BCUT2D eigenvalue weighted by Crippen LogP contribution is -2.17. The van der Waals surface area contributed by atoms with Crippen molar-refractivity contribution in [1.82, 2.24) is 15.2 Å². The van der Waals surface area contributed by atoms with Crippen molar-refractivity contribution in [2.45, 2.75) is 25.2 Å². The van der Waals surface area contributed by atoms with Crippen molar-refractivity contribution in [1.29, 1.82) is 0 Å². The van der Waals surface area contributed by atoms with Crippen LogP contribution in [0.1, 0.15) is 41.4 Å². The maximum Gasteiger partial charge on any atom is 0.271 e. The molecule has 1 fully saturated rings. The van der Waals surface area contributed by atoms with Gasteiger partial charge in [-0.25, -0.2) is 4.98 Å². The molecule has 7 heteroatoms. The molecule has 1 saturated carbocycles. The molecule has 2 heterocycles. The van der Waals surface area contributed by atoms with E-state index in [1.54, 1.807) is 0 Å².